The lowest BCUT2D eigenvalue weighted by atomic mass is 10.0. The number of aromatic nitrogens is 7. The van der Waals surface area contributed by atoms with Gasteiger partial charge in [0.25, 0.3) is 12.0 Å². The summed E-state index contributed by atoms with van der Waals surface area (Å²) in [5.41, 5.74) is 8.46. The molecule has 0 radical (unpaired) electrons. The van der Waals surface area contributed by atoms with Crippen molar-refractivity contribution < 1.29 is 14.7 Å². The fourth-order valence-electron chi connectivity index (χ4n) is 4.95. The van der Waals surface area contributed by atoms with Crippen molar-refractivity contribution in [3.8, 4) is 28.1 Å². The number of amidine groups is 1. The van der Waals surface area contributed by atoms with Gasteiger partial charge in [-0.1, -0.05) is 23.7 Å². The lowest BCUT2D eigenvalue weighted by Gasteiger charge is -2.15. The third-order valence-electron chi connectivity index (χ3n) is 6.63. The molecule has 0 amide bonds. The average Bonchev–Trinajstić information content (AvgIpc) is 3.75. The van der Waals surface area contributed by atoms with Gasteiger partial charge in [0.05, 0.1) is 36.4 Å². The summed E-state index contributed by atoms with van der Waals surface area (Å²) in [6, 6.07) is 16.7. The number of pyridine rings is 1. The molecule has 0 aliphatic carbocycles. The van der Waals surface area contributed by atoms with Crippen molar-refractivity contribution in [3.05, 3.63) is 94.0 Å². The Hall–Kier alpha value is -5.14. The van der Waals surface area contributed by atoms with Gasteiger partial charge >= 0.3 is 0 Å². The Balaban J connectivity index is 0.00000113. The third kappa shape index (κ3) is 5.96. The molecule has 3 aromatic heterocycles. The van der Waals surface area contributed by atoms with Crippen molar-refractivity contribution in [3.63, 3.8) is 0 Å². The molecule has 0 saturated carbocycles. The SMILES string of the molecule is CONC(C)=Nc1ccc(-c2cnc([C@@H]3CCc4cc(-c5cc(Cl)ccc5-n5cnnn5)cc(=O)n43)[nH]2)cc1.O=CO. The maximum atomic E-state index is 13.4. The Morgan fingerprint density at radius 2 is 1.98 bits per heavy atom. The zero-order valence-electron chi connectivity index (χ0n) is 22.6. The Bertz CT molecular complexity index is 1780. The van der Waals surface area contributed by atoms with Crippen LogP contribution in [0.1, 0.15) is 30.9 Å². The van der Waals surface area contributed by atoms with Crippen molar-refractivity contribution in [2.24, 2.45) is 4.99 Å². The number of hydrogen-bond acceptors (Lipinski definition) is 8. The zero-order valence-corrected chi connectivity index (χ0v) is 23.4. The maximum Gasteiger partial charge on any atom is 0.290 e. The Morgan fingerprint density at radius 1 is 1.19 bits per heavy atom. The predicted molar refractivity (Wildman–Crippen MR) is 156 cm³/mol. The van der Waals surface area contributed by atoms with Crippen LogP contribution in [0.25, 0.3) is 28.1 Å². The quantitative estimate of drug-likeness (QED) is 0.115. The maximum absolute atomic E-state index is 13.4. The fourth-order valence-corrected chi connectivity index (χ4v) is 5.12. The van der Waals surface area contributed by atoms with E-state index in [2.05, 4.69) is 36.0 Å². The second kappa shape index (κ2) is 12.6. The molecular weight excluding hydrogens is 562 g/mol. The van der Waals surface area contributed by atoms with Crippen molar-refractivity contribution >= 4 is 29.6 Å². The summed E-state index contributed by atoms with van der Waals surface area (Å²) in [4.78, 5) is 39.2. The van der Waals surface area contributed by atoms with Gasteiger partial charge in [-0.25, -0.2) is 9.98 Å². The molecule has 0 bridgehead atoms. The lowest BCUT2D eigenvalue weighted by molar-refractivity contribution is -0.122. The molecule has 6 rings (SSSR count). The van der Waals surface area contributed by atoms with Crippen molar-refractivity contribution in [2.45, 2.75) is 25.8 Å². The van der Waals surface area contributed by atoms with Crippen LogP contribution in [0.3, 0.4) is 0 Å². The molecule has 14 heteroatoms. The average molecular weight is 588 g/mol. The van der Waals surface area contributed by atoms with E-state index in [0.29, 0.717) is 10.9 Å². The van der Waals surface area contributed by atoms with Crippen LogP contribution in [0.2, 0.25) is 5.02 Å². The number of halogens is 1. The van der Waals surface area contributed by atoms with E-state index in [-0.39, 0.29) is 18.1 Å². The van der Waals surface area contributed by atoms with E-state index < -0.39 is 0 Å². The molecule has 214 valence electrons. The molecule has 42 heavy (non-hydrogen) atoms. The van der Waals surface area contributed by atoms with Gasteiger partial charge in [0.15, 0.2) is 0 Å². The minimum absolute atomic E-state index is 0.104. The van der Waals surface area contributed by atoms with Gasteiger partial charge in [0, 0.05) is 22.3 Å². The molecule has 3 N–H and O–H groups in total. The smallest absolute Gasteiger partial charge is 0.290 e. The molecule has 1 atom stereocenters. The highest BCUT2D eigenvalue weighted by molar-refractivity contribution is 6.31. The zero-order chi connectivity index (χ0) is 29.6. The number of H-pyrrole nitrogens is 1. The molecule has 0 saturated heterocycles. The van der Waals surface area contributed by atoms with Crippen LogP contribution in [0.15, 0.2) is 76.9 Å². The number of nitrogens with one attached hydrogen (secondary N) is 2. The fraction of sp³-hybridized carbons (Fsp3) is 0.179. The Labute approximate surface area is 244 Å². The highest BCUT2D eigenvalue weighted by Crippen LogP contribution is 2.34. The first kappa shape index (κ1) is 28.4. The van der Waals surface area contributed by atoms with Crippen LogP contribution in [0.4, 0.5) is 5.69 Å². The van der Waals surface area contributed by atoms with E-state index in [1.807, 2.05) is 54.0 Å². The highest BCUT2D eigenvalue weighted by Gasteiger charge is 2.28. The third-order valence-corrected chi connectivity index (χ3v) is 6.87. The Morgan fingerprint density at radius 3 is 2.69 bits per heavy atom. The number of rotatable bonds is 6. The van der Waals surface area contributed by atoms with Crippen molar-refractivity contribution in [2.75, 3.05) is 7.11 Å². The van der Waals surface area contributed by atoms with Crippen molar-refractivity contribution in [1.82, 2.24) is 40.2 Å². The summed E-state index contributed by atoms with van der Waals surface area (Å²) in [6.45, 7) is 1.57. The number of hydroxylamine groups is 1. The lowest BCUT2D eigenvalue weighted by Crippen LogP contribution is -2.23. The summed E-state index contributed by atoms with van der Waals surface area (Å²) >= 11 is 6.31. The minimum Gasteiger partial charge on any atom is -0.483 e. The molecule has 1 aliphatic rings. The first-order chi connectivity index (χ1) is 20.4. The minimum atomic E-state index is -0.250. The summed E-state index contributed by atoms with van der Waals surface area (Å²) in [7, 11) is 1.54. The van der Waals surface area contributed by atoms with Gasteiger partial charge in [-0.15, -0.1) is 5.10 Å². The number of aromatic amines is 1. The van der Waals surface area contributed by atoms with E-state index in [1.165, 1.54) is 6.33 Å². The number of imidazole rings is 1. The van der Waals surface area contributed by atoms with E-state index in [1.54, 1.807) is 30.1 Å². The number of carbonyl (C=O) groups is 1. The van der Waals surface area contributed by atoms with Crippen LogP contribution >= 0.6 is 11.6 Å². The highest BCUT2D eigenvalue weighted by atomic mass is 35.5. The predicted octanol–water partition coefficient (Wildman–Crippen LogP) is 3.97. The van der Waals surface area contributed by atoms with Crippen LogP contribution in [0, 0.1) is 0 Å². The normalized spacial score (nSPS) is 14.2. The largest absolute Gasteiger partial charge is 0.483 e. The van der Waals surface area contributed by atoms with Crippen LogP contribution in [0.5, 0.6) is 0 Å². The molecule has 0 unspecified atom stereocenters. The van der Waals surface area contributed by atoms with Gasteiger partial charge in [0.1, 0.15) is 18.0 Å². The van der Waals surface area contributed by atoms with Gasteiger partial charge in [0.2, 0.25) is 0 Å². The number of carboxylic acid groups (broad SMARTS) is 1. The second-order valence-corrected chi connectivity index (χ2v) is 9.69. The second-order valence-electron chi connectivity index (χ2n) is 9.25. The molecule has 1 aliphatic heterocycles. The van der Waals surface area contributed by atoms with E-state index in [0.717, 1.165) is 58.1 Å². The summed E-state index contributed by atoms with van der Waals surface area (Å²) in [5, 5.41) is 18.9. The van der Waals surface area contributed by atoms with Crippen molar-refractivity contribution in [1.29, 1.82) is 0 Å². The number of tetrazole rings is 1. The first-order valence-corrected chi connectivity index (χ1v) is 13.2. The summed E-state index contributed by atoms with van der Waals surface area (Å²) in [6.07, 6.45) is 4.82. The van der Waals surface area contributed by atoms with E-state index >= 15 is 0 Å². The molecule has 0 fully saturated rings. The Kier molecular flexibility index (Phi) is 8.50. The van der Waals surface area contributed by atoms with E-state index in [9.17, 15) is 4.79 Å². The number of nitrogens with zero attached hydrogens (tertiary/aromatic N) is 7. The van der Waals surface area contributed by atoms with Crippen LogP contribution < -0.4 is 11.0 Å². The molecule has 2 aromatic carbocycles. The number of benzene rings is 2. The van der Waals surface area contributed by atoms with Gasteiger partial charge in [-0.2, -0.15) is 4.68 Å². The van der Waals surface area contributed by atoms with Gasteiger partial charge in [-0.3, -0.25) is 19.9 Å². The monoisotopic (exact) mass is 587 g/mol. The van der Waals surface area contributed by atoms with Crippen LogP contribution in [-0.4, -0.2) is 59.3 Å². The number of aliphatic imine (C=N–C) groups is 1. The first-order valence-electron chi connectivity index (χ1n) is 12.8. The molecule has 0 spiro atoms. The standard InChI is InChI=1S/C27H24ClN9O2.CH2O2/c1-16(33-39-2)31-20-6-3-17(4-7-20)23-14-29-27(32-23)25-10-8-21-11-18(12-26(38)37(21)25)22-13-19(28)5-9-24(22)36-15-30-34-35-36;2-1-3/h3-7,9,11-15,25H,8,10H2,1-2H3,(H,29,32)(H,31,33);1H,(H,2,3)/t25-;/m0./s1. The molecule has 13 nitrogen and oxygen atoms in total. The number of fused-ring (bicyclic) bond motifs is 1. The van der Waals surface area contributed by atoms with Gasteiger partial charge in [-0.05, 0) is 77.7 Å². The van der Waals surface area contributed by atoms with Crippen LogP contribution in [-0.2, 0) is 16.1 Å². The molecular formula is C28H26ClN9O4. The number of hydrogen-bond donors (Lipinski definition) is 3. The topological polar surface area (TPSA) is 165 Å². The number of aryl methyl sites for hydroxylation is 1. The summed E-state index contributed by atoms with van der Waals surface area (Å²) in [5.74, 6) is 1.41. The van der Waals surface area contributed by atoms with E-state index in [4.69, 9.17) is 26.3 Å². The molecule has 4 heterocycles. The van der Waals surface area contributed by atoms with Gasteiger partial charge < -0.3 is 14.7 Å². The molecule has 5 aromatic rings. The summed E-state index contributed by atoms with van der Waals surface area (Å²) < 4.78 is 3.37.